The van der Waals surface area contributed by atoms with E-state index in [0.717, 1.165) is 27.9 Å². The van der Waals surface area contributed by atoms with Gasteiger partial charge >= 0.3 is 0 Å². The predicted molar refractivity (Wildman–Crippen MR) is 134 cm³/mol. The maximum absolute atomic E-state index is 9.32. The second kappa shape index (κ2) is 7.78. The minimum Gasteiger partial charge on any atom is -0.309 e. The van der Waals surface area contributed by atoms with Crippen molar-refractivity contribution in [3.8, 4) is 34.0 Å². The summed E-state index contributed by atoms with van der Waals surface area (Å²) in [7, 11) is 0. The standard InChI is InChI=1S/C30H19N3/c31-18-21-16-23(20-32-19-21)26-11-2-1-10-25(26)22-8-7-9-24(17-22)33-29-14-5-3-12-27(29)28-13-4-6-15-30(28)33/h1-17,19-20H. The van der Waals surface area contributed by atoms with Crippen molar-refractivity contribution in [1.82, 2.24) is 9.55 Å². The van der Waals surface area contributed by atoms with Crippen LogP contribution in [0, 0.1) is 11.3 Å². The summed E-state index contributed by atoms with van der Waals surface area (Å²) in [5.41, 5.74) is 8.27. The van der Waals surface area contributed by atoms with Gasteiger partial charge in [0.25, 0.3) is 0 Å². The number of benzene rings is 4. The molecule has 0 radical (unpaired) electrons. The van der Waals surface area contributed by atoms with Crippen LogP contribution < -0.4 is 0 Å². The van der Waals surface area contributed by atoms with Gasteiger partial charge in [-0.3, -0.25) is 4.98 Å². The summed E-state index contributed by atoms with van der Waals surface area (Å²) < 4.78 is 2.33. The molecule has 2 aromatic heterocycles. The quantitative estimate of drug-likeness (QED) is 0.299. The third-order valence-electron chi connectivity index (χ3n) is 6.10. The van der Waals surface area contributed by atoms with E-state index in [0.29, 0.717) is 5.56 Å². The van der Waals surface area contributed by atoms with Crippen LogP contribution in [0.3, 0.4) is 0 Å². The Morgan fingerprint density at radius 2 is 1.24 bits per heavy atom. The topological polar surface area (TPSA) is 41.6 Å². The van der Waals surface area contributed by atoms with E-state index in [2.05, 4.69) is 101 Å². The SMILES string of the molecule is N#Cc1cncc(-c2ccccc2-c2cccc(-n3c4ccccc4c4ccccc43)c2)c1. The second-order valence-corrected chi connectivity index (χ2v) is 8.04. The molecule has 0 aliphatic rings. The molecule has 154 valence electrons. The summed E-state index contributed by atoms with van der Waals surface area (Å²) in [6.07, 6.45) is 3.41. The van der Waals surface area contributed by atoms with Crippen molar-refractivity contribution in [1.29, 1.82) is 5.26 Å². The Balaban J connectivity index is 1.57. The van der Waals surface area contributed by atoms with Gasteiger partial charge in [0.1, 0.15) is 6.07 Å². The van der Waals surface area contributed by atoms with Crippen molar-refractivity contribution in [2.24, 2.45) is 0 Å². The molecule has 0 amide bonds. The fraction of sp³-hybridized carbons (Fsp3) is 0. The van der Waals surface area contributed by atoms with Crippen LogP contribution in [-0.2, 0) is 0 Å². The first-order valence-corrected chi connectivity index (χ1v) is 10.9. The van der Waals surface area contributed by atoms with Crippen LogP contribution in [0.1, 0.15) is 5.56 Å². The molecule has 6 rings (SSSR count). The molecular formula is C30H19N3. The largest absolute Gasteiger partial charge is 0.309 e. The molecule has 3 heteroatoms. The molecule has 0 unspecified atom stereocenters. The summed E-state index contributed by atoms with van der Waals surface area (Å²) in [5, 5.41) is 11.8. The first kappa shape index (κ1) is 19.0. The molecule has 0 aliphatic heterocycles. The first-order valence-electron chi connectivity index (χ1n) is 10.9. The Hall–Kier alpha value is -4.68. The minimum absolute atomic E-state index is 0.557. The average molecular weight is 422 g/mol. The van der Waals surface area contributed by atoms with E-state index in [9.17, 15) is 5.26 Å². The van der Waals surface area contributed by atoms with Crippen molar-refractivity contribution in [2.75, 3.05) is 0 Å². The zero-order valence-electron chi connectivity index (χ0n) is 17.8. The number of hydrogen-bond donors (Lipinski definition) is 0. The number of nitriles is 1. The molecule has 0 N–H and O–H groups in total. The lowest BCUT2D eigenvalue weighted by atomic mass is 9.94. The molecule has 0 bridgehead atoms. The molecule has 0 spiro atoms. The highest BCUT2D eigenvalue weighted by molar-refractivity contribution is 6.09. The summed E-state index contributed by atoms with van der Waals surface area (Å²) in [4.78, 5) is 4.27. The molecular weight excluding hydrogens is 402 g/mol. The predicted octanol–water partition coefficient (Wildman–Crippen LogP) is 7.38. The Morgan fingerprint density at radius 3 is 1.94 bits per heavy atom. The molecule has 0 fully saturated rings. The van der Waals surface area contributed by atoms with Crippen LogP contribution in [0.5, 0.6) is 0 Å². The summed E-state index contributed by atoms with van der Waals surface area (Å²) in [5.74, 6) is 0. The molecule has 0 saturated heterocycles. The number of nitrogens with zero attached hydrogens (tertiary/aromatic N) is 3. The van der Waals surface area contributed by atoms with E-state index < -0.39 is 0 Å². The third-order valence-corrected chi connectivity index (χ3v) is 6.10. The summed E-state index contributed by atoms with van der Waals surface area (Å²) in [6, 6.07) is 38.1. The highest BCUT2D eigenvalue weighted by atomic mass is 15.0. The maximum Gasteiger partial charge on any atom is 0.101 e. The van der Waals surface area contributed by atoms with Crippen LogP contribution in [0.4, 0.5) is 0 Å². The highest BCUT2D eigenvalue weighted by Gasteiger charge is 2.13. The molecule has 6 aromatic rings. The normalized spacial score (nSPS) is 11.0. The highest BCUT2D eigenvalue weighted by Crippen LogP contribution is 2.36. The Labute approximate surface area is 191 Å². The van der Waals surface area contributed by atoms with Gasteiger partial charge in [-0.2, -0.15) is 5.26 Å². The fourth-order valence-corrected chi connectivity index (χ4v) is 4.65. The van der Waals surface area contributed by atoms with Crippen LogP contribution in [0.25, 0.3) is 49.7 Å². The van der Waals surface area contributed by atoms with Crippen LogP contribution in [0.2, 0.25) is 0 Å². The van der Waals surface area contributed by atoms with Crippen LogP contribution in [-0.4, -0.2) is 9.55 Å². The Kier molecular flexibility index (Phi) is 4.49. The number of para-hydroxylation sites is 2. The minimum atomic E-state index is 0.557. The van der Waals surface area contributed by atoms with E-state index in [1.54, 1.807) is 6.20 Å². The number of fused-ring (bicyclic) bond motifs is 3. The molecule has 0 saturated carbocycles. The summed E-state index contributed by atoms with van der Waals surface area (Å²) >= 11 is 0. The Bertz CT molecular complexity index is 1630. The molecule has 4 aromatic carbocycles. The van der Waals surface area contributed by atoms with Gasteiger partial charge in [-0.15, -0.1) is 0 Å². The number of rotatable bonds is 3. The van der Waals surface area contributed by atoms with Crippen molar-refractivity contribution < 1.29 is 0 Å². The van der Waals surface area contributed by atoms with Crippen molar-refractivity contribution in [2.45, 2.75) is 0 Å². The second-order valence-electron chi connectivity index (χ2n) is 8.04. The molecule has 0 aliphatic carbocycles. The van der Waals surface area contributed by atoms with E-state index in [1.165, 1.54) is 21.8 Å². The van der Waals surface area contributed by atoms with E-state index in [1.807, 2.05) is 24.4 Å². The van der Waals surface area contributed by atoms with E-state index in [-0.39, 0.29) is 0 Å². The zero-order valence-corrected chi connectivity index (χ0v) is 17.8. The van der Waals surface area contributed by atoms with Gasteiger partial charge < -0.3 is 4.57 Å². The monoisotopic (exact) mass is 421 g/mol. The number of hydrogen-bond acceptors (Lipinski definition) is 2. The van der Waals surface area contributed by atoms with Gasteiger partial charge in [-0.1, -0.05) is 72.8 Å². The lowest BCUT2D eigenvalue weighted by Gasteiger charge is -2.13. The van der Waals surface area contributed by atoms with Gasteiger partial charge in [0, 0.05) is 34.4 Å². The first-order chi connectivity index (χ1) is 16.3. The molecule has 3 nitrogen and oxygen atoms in total. The Morgan fingerprint density at radius 1 is 0.606 bits per heavy atom. The smallest absolute Gasteiger partial charge is 0.101 e. The van der Waals surface area contributed by atoms with E-state index in [4.69, 9.17) is 0 Å². The van der Waals surface area contributed by atoms with Crippen LogP contribution >= 0.6 is 0 Å². The lowest BCUT2D eigenvalue weighted by Crippen LogP contribution is -1.94. The molecule has 33 heavy (non-hydrogen) atoms. The molecule has 0 atom stereocenters. The fourth-order valence-electron chi connectivity index (χ4n) is 4.65. The molecule has 2 heterocycles. The van der Waals surface area contributed by atoms with Gasteiger partial charge in [0.05, 0.1) is 16.6 Å². The number of pyridine rings is 1. The van der Waals surface area contributed by atoms with Gasteiger partial charge in [0.15, 0.2) is 0 Å². The lowest BCUT2D eigenvalue weighted by molar-refractivity contribution is 1.18. The van der Waals surface area contributed by atoms with Gasteiger partial charge in [-0.25, -0.2) is 0 Å². The zero-order chi connectivity index (χ0) is 22.2. The van der Waals surface area contributed by atoms with Crippen molar-refractivity contribution >= 4 is 21.8 Å². The maximum atomic E-state index is 9.32. The van der Waals surface area contributed by atoms with Gasteiger partial charge in [-0.05, 0) is 47.0 Å². The van der Waals surface area contributed by atoms with E-state index >= 15 is 0 Å². The van der Waals surface area contributed by atoms with Crippen LogP contribution in [0.15, 0.2) is 116 Å². The third kappa shape index (κ3) is 3.17. The number of aromatic nitrogens is 2. The van der Waals surface area contributed by atoms with Gasteiger partial charge in [0.2, 0.25) is 0 Å². The summed E-state index contributed by atoms with van der Waals surface area (Å²) in [6.45, 7) is 0. The van der Waals surface area contributed by atoms with Crippen molar-refractivity contribution in [3.63, 3.8) is 0 Å². The van der Waals surface area contributed by atoms with Crippen molar-refractivity contribution in [3.05, 3.63) is 121 Å². The average Bonchev–Trinajstić information content (AvgIpc) is 3.23.